The maximum Gasteiger partial charge on any atom is 0.316 e. The summed E-state index contributed by atoms with van der Waals surface area (Å²) in [6, 6.07) is 9.54. The molecule has 0 spiro atoms. The second-order valence-electron chi connectivity index (χ2n) is 5.94. The summed E-state index contributed by atoms with van der Waals surface area (Å²) in [6.07, 6.45) is 5.34. The van der Waals surface area contributed by atoms with Crippen LogP contribution in [0.2, 0.25) is 0 Å². The third kappa shape index (κ3) is 5.41. The van der Waals surface area contributed by atoms with Crippen LogP contribution in [0.25, 0.3) is 0 Å². The molecule has 1 amide bonds. The Kier molecular flexibility index (Phi) is 5.77. The van der Waals surface area contributed by atoms with Crippen molar-refractivity contribution in [2.24, 2.45) is 0 Å². The van der Waals surface area contributed by atoms with Crippen molar-refractivity contribution in [3.8, 4) is 11.8 Å². The van der Waals surface area contributed by atoms with Gasteiger partial charge in [-0.25, -0.2) is 14.4 Å². The molecule has 1 aromatic carbocycles. The van der Waals surface area contributed by atoms with Gasteiger partial charge in [0.1, 0.15) is 11.9 Å². The first-order valence-electron chi connectivity index (χ1n) is 8.30. The summed E-state index contributed by atoms with van der Waals surface area (Å²) in [7, 11) is 0. The van der Waals surface area contributed by atoms with Gasteiger partial charge in [-0.05, 0) is 37.8 Å². The maximum atomic E-state index is 12.8. The summed E-state index contributed by atoms with van der Waals surface area (Å²) in [6.45, 7) is 0.00383. The van der Waals surface area contributed by atoms with E-state index < -0.39 is 5.82 Å². The van der Waals surface area contributed by atoms with Crippen molar-refractivity contribution in [3.05, 3.63) is 48.5 Å². The molecule has 1 fully saturated rings. The summed E-state index contributed by atoms with van der Waals surface area (Å²) in [5.41, 5.74) is 0. The van der Waals surface area contributed by atoms with Crippen LogP contribution in [-0.4, -0.2) is 34.6 Å². The van der Waals surface area contributed by atoms with Crippen molar-refractivity contribution in [1.29, 1.82) is 0 Å². The third-order valence-corrected chi connectivity index (χ3v) is 4.02. The SMILES string of the molecule is O=C(COc1ccccc1)NC1CCC(Oc2ncc(F)cn2)CC1. The second kappa shape index (κ2) is 8.41. The minimum absolute atomic E-state index is 0.00383. The standard InChI is InChI=1S/C18H20FN3O3/c19-13-10-20-18(21-11-13)25-16-8-6-14(7-9-16)22-17(23)12-24-15-4-2-1-3-5-15/h1-5,10-11,14,16H,6-9,12H2,(H,22,23). The zero-order valence-electron chi connectivity index (χ0n) is 13.7. The van der Waals surface area contributed by atoms with Crippen LogP contribution in [-0.2, 0) is 4.79 Å². The van der Waals surface area contributed by atoms with E-state index in [4.69, 9.17) is 9.47 Å². The van der Waals surface area contributed by atoms with Gasteiger partial charge in [0.25, 0.3) is 5.91 Å². The van der Waals surface area contributed by atoms with Gasteiger partial charge in [-0.1, -0.05) is 18.2 Å². The molecule has 0 unspecified atom stereocenters. The lowest BCUT2D eigenvalue weighted by molar-refractivity contribution is -0.124. The summed E-state index contributed by atoms with van der Waals surface area (Å²) in [4.78, 5) is 19.6. The monoisotopic (exact) mass is 345 g/mol. The van der Waals surface area contributed by atoms with Crippen LogP contribution in [0.1, 0.15) is 25.7 Å². The van der Waals surface area contributed by atoms with Crippen molar-refractivity contribution in [2.45, 2.75) is 37.8 Å². The molecule has 0 saturated heterocycles. The quantitative estimate of drug-likeness (QED) is 0.871. The Balaban J connectivity index is 1.37. The molecule has 1 aliphatic carbocycles. The van der Waals surface area contributed by atoms with E-state index >= 15 is 0 Å². The molecule has 1 saturated carbocycles. The number of amides is 1. The number of hydrogen-bond donors (Lipinski definition) is 1. The minimum Gasteiger partial charge on any atom is -0.484 e. The number of nitrogens with one attached hydrogen (secondary N) is 1. The van der Waals surface area contributed by atoms with Crippen LogP contribution >= 0.6 is 0 Å². The predicted octanol–water partition coefficient (Wildman–Crippen LogP) is 2.50. The molecule has 0 bridgehead atoms. The lowest BCUT2D eigenvalue weighted by Gasteiger charge is -2.28. The molecule has 1 aromatic heterocycles. The predicted molar refractivity (Wildman–Crippen MR) is 88.7 cm³/mol. The highest BCUT2D eigenvalue weighted by atomic mass is 19.1. The van der Waals surface area contributed by atoms with E-state index in [0.29, 0.717) is 5.75 Å². The molecule has 2 aromatic rings. The maximum absolute atomic E-state index is 12.8. The average molecular weight is 345 g/mol. The van der Waals surface area contributed by atoms with Gasteiger partial charge in [0, 0.05) is 6.04 Å². The number of carbonyl (C=O) groups is 1. The molecule has 6 nitrogen and oxygen atoms in total. The van der Waals surface area contributed by atoms with E-state index in [1.165, 1.54) is 0 Å². The van der Waals surface area contributed by atoms with Crippen molar-refractivity contribution >= 4 is 5.91 Å². The van der Waals surface area contributed by atoms with Crippen LogP contribution in [0.15, 0.2) is 42.7 Å². The highest BCUT2D eigenvalue weighted by Gasteiger charge is 2.24. The topological polar surface area (TPSA) is 73.3 Å². The van der Waals surface area contributed by atoms with Gasteiger partial charge in [0.05, 0.1) is 12.4 Å². The molecule has 0 aliphatic heterocycles. The lowest BCUT2D eigenvalue weighted by Crippen LogP contribution is -2.41. The van der Waals surface area contributed by atoms with E-state index in [1.54, 1.807) is 0 Å². The van der Waals surface area contributed by atoms with E-state index in [0.717, 1.165) is 38.1 Å². The number of nitrogens with zero attached hydrogens (tertiary/aromatic N) is 2. The number of benzene rings is 1. The van der Waals surface area contributed by atoms with Crippen LogP contribution in [0.3, 0.4) is 0 Å². The summed E-state index contributed by atoms with van der Waals surface area (Å²) in [5.74, 6) is 0.0561. The Hall–Kier alpha value is -2.70. The molecule has 0 radical (unpaired) electrons. The van der Waals surface area contributed by atoms with Gasteiger partial charge in [-0.2, -0.15) is 0 Å². The first kappa shape index (κ1) is 17.1. The van der Waals surface area contributed by atoms with Gasteiger partial charge in [-0.15, -0.1) is 0 Å². The highest BCUT2D eigenvalue weighted by molar-refractivity contribution is 5.77. The van der Waals surface area contributed by atoms with E-state index in [1.807, 2.05) is 30.3 Å². The van der Waals surface area contributed by atoms with Gasteiger partial charge >= 0.3 is 6.01 Å². The van der Waals surface area contributed by atoms with Crippen molar-refractivity contribution in [2.75, 3.05) is 6.61 Å². The summed E-state index contributed by atoms with van der Waals surface area (Å²) < 4.78 is 23.9. The van der Waals surface area contributed by atoms with Gasteiger partial charge in [0.2, 0.25) is 0 Å². The molecular weight excluding hydrogens is 325 g/mol. The van der Waals surface area contributed by atoms with Gasteiger partial charge in [0.15, 0.2) is 12.4 Å². The van der Waals surface area contributed by atoms with Gasteiger partial charge < -0.3 is 14.8 Å². The lowest BCUT2D eigenvalue weighted by atomic mass is 9.93. The molecule has 25 heavy (non-hydrogen) atoms. The zero-order valence-corrected chi connectivity index (χ0v) is 13.7. The van der Waals surface area contributed by atoms with Crippen LogP contribution in [0.5, 0.6) is 11.8 Å². The second-order valence-corrected chi connectivity index (χ2v) is 5.94. The highest BCUT2D eigenvalue weighted by Crippen LogP contribution is 2.22. The van der Waals surface area contributed by atoms with Crippen LogP contribution in [0.4, 0.5) is 4.39 Å². The molecule has 7 heteroatoms. The number of rotatable bonds is 6. The Morgan fingerprint density at radius 1 is 1.12 bits per heavy atom. The third-order valence-electron chi connectivity index (χ3n) is 4.02. The summed E-state index contributed by atoms with van der Waals surface area (Å²) >= 11 is 0. The molecule has 3 rings (SSSR count). The number of halogens is 1. The Labute approximate surface area is 145 Å². The fourth-order valence-electron chi connectivity index (χ4n) is 2.77. The van der Waals surface area contributed by atoms with Gasteiger partial charge in [-0.3, -0.25) is 4.79 Å². The number of hydrogen-bond acceptors (Lipinski definition) is 5. The van der Waals surface area contributed by atoms with E-state index in [2.05, 4.69) is 15.3 Å². The first-order chi connectivity index (χ1) is 12.2. The fourth-order valence-corrected chi connectivity index (χ4v) is 2.77. The Bertz CT molecular complexity index is 674. The molecule has 1 aliphatic rings. The van der Waals surface area contributed by atoms with Crippen LogP contribution in [0, 0.1) is 5.82 Å². The fraction of sp³-hybridized carbons (Fsp3) is 0.389. The molecule has 1 heterocycles. The van der Waals surface area contributed by atoms with Crippen molar-refractivity contribution in [1.82, 2.24) is 15.3 Å². The van der Waals surface area contributed by atoms with Crippen molar-refractivity contribution < 1.29 is 18.7 Å². The van der Waals surface area contributed by atoms with E-state index in [9.17, 15) is 9.18 Å². The molecule has 132 valence electrons. The number of carbonyl (C=O) groups excluding carboxylic acids is 1. The van der Waals surface area contributed by atoms with Crippen LogP contribution < -0.4 is 14.8 Å². The first-order valence-corrected chi connectivity index (χ1v) is 8.30. The number of aromatic nitrogens is 2. The Morgan fingerprint density at radius 3 is 2.48 bits per heavy atom. The molecule has 1 N–H and O–H groups in total. The zero-order chi connectivity index (χ0) is 17.5. The molecule has 0 atom stereocenters. The summed E-state index contributed by atoms with van der Waals surface area (Å²) in [5, 5.41) is 2.98. The smallest absolute Gasteiger partial charge is 0.316 e. The Morgan fingerprint density at radius 2 is 1.80 bits per heavy atom. The van der Waals surface area contributed by atoms with Crippen molar-refractivity contribution in [3.63, 3.8) is 0 Å². The molecular formula is C18H20FN3O3. The minimum atomic E-state index is -0.489. The largest absolute Gasteiger partial charge is 0.484 e. The normalized spacial score (nSPS) is 19.9. The average Bonchev–Trinajstić information content (AvgIpc) is 2.64. The van der Waals surface area contributed by atoms with E-state index in [-0.39, 0.29) is 30.7 Å². The number of para-hydroxylation sites is 1. The number of ether oxygens (including phenoxy) is 2.